The van der Waals surface area contributed by atoms with Gasteiger partial charge in [-0.1, -0.05) is 72.9 Å². The van der Waals surface area contributed by atoms with Crippen LogP contribution in [0.1, 0.15) is 37.8 Å². The predicted octanol–water partition coefficient (Wildman–Crippen LogP) is 5.48. The molecule has 0 spiro atoms. The van der Waals surface area contributed by atoms with Crippen molar-refractivity contribution in [3.63, 3.8) is 0 Å². The predicted molar refractivity (Wildman–Crippen MR) is 173 cm³/mol. The number of sulfonamides is 1. The van der Waals surface area contributed by atoms with E-state index in [-0.39, 0.29) is 30.3 Å². The Labute approximate surface area is 269 Å². The van der Waals surface area contributed by atoms with Gasteiger partial charge in [0.1, 0.15) is 25.8 Å². The van der Waals surface area contributed by atoms with Gasteiger partial charge >= 0.3 is 0 Å². The summed E-state index contributed by atoms with van der Waals surface area (Å²) in [4.78, 5) is 29.5. The molecule has 1 unspecified atom stereocenters. The fourth-order valence-electron chi connectivity index (χ4n) is 4.80. The third-order valence-electron chi connectivity index (χ3n) is 7.25. The first-order valence-corrected chi connectivity index (χ1v) is 16.9. The number of amides is 2. The number of hydrogen-bond donors (Lipinski definition) is 1. The lowest BCUT2D eigenvalue weighted by atomic mass is 10.0. The molecule has 3 aromatic rings. The number of benzene rings is 3. The van der Waals surface area contributed by atoms with Crippen LogP contribution in [0.3, 0.4) is 0 Å². The highest BCUT2D eigenvalue weighted by atomic mass is 35.5. The molecule has 4 rings (SSSR count). The number of unbranched alkanes of at least 4 members (excludes halogenated alkanes) is 1. The van der Waals surface area contributed by atoms with Crippen LogP contribution in [-0.4, -0.2) is 63.2 Å². The first-order valence-electron chi connectivity index (χ1n) is 14.6. The van der Waals surface area contributed by atoms with Gasteiger partial charge in [-0.25, -0.2) is 8.42 Å². The zero-order valence-corrected chi connectivity index (χ0v) is 27.1. The van der Waals surface area contributed by atoms with Crippen molar-refractivity contribution in [3.05, 3.63) is 87.9 Å². The second-order valence-corrected chi connectivity index (χ2v) is 13.4. The third-order valence-corrected chi connectivity index (χ3v) is 9.58. The van der Waals surface area contributed by atoms with Crippen molar-refractivity contribution in [2.45, 2.75) is 45.7 Å². The molecule has 0 aromatic heterocycles. The average Bonchev–Trinajstić information content (AvgIpc) is 3.02. The van der Waals surface area contributed by atoms with Gasteiger partial charge in [0, 0.05) is 35.6 Å². The molecule has 0 bridgehead atoms. The minimum absolute atomic E-state index is 0.0469. The highest BCUT2D eigenvalue weighted by molar-refractivity contribution is 7.92. The summed E-state index contributed by atoms with van der Waals surface area (Å²) in [5, 5.41) is 3.71. The second-order valence-electron chi connectivity index (χ2n) is 10.3. The molecule has 44 heavy (non-hydrogen) atoms. The first kappa shape index (κ1) is 33.4. The summed E-state index contributed by atoms with van der Waals surface area (Å²) in [6, 6.07) is 18.1. The molecule has 0 fully saturated rings. The summed E-state index contributed by atoms with van der Waals surface area (Å²) in [5.74, 6) is -0.284. The van der Waals surface area contributed by atoms with Crippen LogP contribution in [0, 0.1) is 0 Å². The molecule has 9 nitrogen and oxygen atoms in total. The Morgan fingerprint density at radius 3 is 2.36 bits per heavy atom. The van der Waals surface area contributed by atoms with Crippen molar-refractivity contribution < 1.29 is 27.5 Å². The van der Waals surface area contributed by atoms with Gasteiger partial charge in [0.15, 0.2) is 11.5 Å². The fraction of sp³-hybridized carbons (Fsp3) is 0.375. The van der Waals surface area contributed by atoms with Gasteiger partial charge in [-0.2, -0.15) is 0 Å². The summed E-state index contributed by atoms with van der Waals surface area (Å²) in [7, 11) is -3.93. The maximum absolute atomic E-state index is 14.3. The van der Waals surface area contributed by atoms with E-state index in [1.165, 1.54) is 11.8 Å². The van der Waals surface area contributed by atoms with Crippen molar-refractivity contribution in [2.75, 3.05) is 36.4 Å². The van der Waals surface area contributed by atoms with Gasteiger partial charge in [-0.15, -0.1) is 0 Å². The van der Waals surface area contributed by atoms with E-state index in [1.54, 1.807) is 36.4 Å². The smallest absolute Gasteiger partial charge is 0.244 e. The second kappa shape index (κ2) is 15.5. The molecule has 0 radical (unpaired) electrons. The van der Waals surface area contributed by atoms with E-state index in [4.69, 9.17) is 32.7 Å². The van der Waals surface area contributed by atoms with Crippen LogP contribution >= 0.6 is 23.2 Å². The van der Waals surface area contributed by atoms with Gasteiger partial charge in [0.05, 0.1) is 11.4 Å². The van der Waals surface area contributed by atoms with Crippen LogP contribution < -0.4 is 19.1 Å². The standard InChI is InChI=1S/C32H37Cl2N3O6S/c1-3-5-15-35-32(39)28(18-23-9-7-6-8-10-23)36(21-24-11-12-25(33)19-27(24)34)31(38)22-37(44(40,41)4-2)26-13-14-29-30(20-26)43-17-16-42-29/h6-14,19-20,28H,3-5,15-18,21-22H2,1-2H3,(H,35,39). The number of hydrogen-bond acceptors (Lipinski definition) is 6. The topological polar surface area (TPSA) is 105 Å². The van der Waals surface area contributed by atoms with E-state index in [0.29, 0.717) is 46.9 Å². The molecule has 12 heteroatoms. The number of rotatable bonds is 14. The molecule has 2 amide bonds. The zero-order chi connectivity index (χ0) is 31.7. The largest absolute Gasteiger partial charge is 0.486 e. The number of anilines is 1. The molecule has 236 valence electrons. The lowest BCUT2D eigenvalue weighted by molar-refractivity contribution is -0.140. The molecule has 1 aliphatic rings. The Kier molecular flexibility index (Phi) is 11.8. The van der Waals surface area contributed by atoms with E-state index >= 15 is 0 Å². The van der Waals surface area contributed by atoms with Crippen molar-refractivity contribution in [1.82, 2.24) is 10.2 Å². The quantitative estimate of drug-likeness (QED) is 0.230. The Balaban J connectivity index is 1.75. The van der Waals surface area contributed by atoms with E-state index in [9.17, 15) is 18.0 Å². The van der Waals surface area contributed by atoms with E-state index in [1.807, 2.05) is 37.3 Å². The summed E-state index contributed by atoms with van der Waals surface area (Å²) in [5.41, 5.74) is 1.65. The molecular formula is C32H37Cl2N3O6S. The monoisotopic (exact) mass is 661 g/mol. The highest BCUT2D eigenvalue weighted by Crippen LogP contribution is 2.35. The number of fused-ring (bicyclic) bond motifs is 1. The van der Waals surface area contributed by atoms with E-state index in [2.05, 4.69) is 5.32 Å². The van der Waals surface area contributed by atoms with Crippen molar-refractivity contribution in [3.8, 4) is 11.5 Å². The maximum atomic E-state index is 14.3. The van der Waals surface area contributed by atoms with Gasteiger partial charge in [0.25, 0.3) is 0 Å². The van der Waals surface area contributed by atoms with Gasteiger partial charge < -0.3 is 19.7 Å². The van der Waals surface area contributed by atoms with Gasteiger partial charge in [0.2, 0.25) is 21.8 Å². The minimum Gasteiger partial charge on any atom is -0.486 e. The average molecular weight is 663 g/mol. The summed E-state index contributed by atoms with van der Waals surface area (Å²) >= 11 is 12.7. The van der Waals surface area contributed by atoms with Gasteiger partial charge in [-0.05, 0) is 48.7 Å². The van der Waals surface area contributed by atoms with Crippen molar-refractivity contribution in [1.29, 1.82) is 0 Å². The number of nitrogens with zero attached hydrogens (tertiary/aromatic N) is 2. The number of halogens is 2. The highest BCUT2D eigenvalue weighted by Gasteiger charge is 2.34. The summed E-state index contributed by atoms with van der Waals surface area (Å²) in [6.07, 6.45) is 1.86. The maximum Gasteiger partial charge on any atom is 0.244 e. The molecule has 1 aliphatic heterocycles. The minimum atomic E-state index is -3.93. The molecule has 0 saturated carbocycles. The first-order chi connectivity index (χ1) is 21.1. The molecule has 1 atom stereocenters. The molecule has 3 aromatic carbocycles. The Morgan fingerprint density at radius 1 is 0.955 bits per heavy atom. The molecule has 1 heterocycles. The lowest BCUT2D eigenvalue weighted by Gasteiger charge is -2.34. The van der Waals surface area contributed by atoms with Gasteiger partial charge in [-0.3, -0.25) is 13.9 Å². The zero-order valence-electron chi connectivity index (χ0n) is 24.8. The van der Waals surface area contributed by atoms with E-state index in [0.717, 1.165) is 22.7 Å². The van der Waals surface area contributed by atoms with Crippen molar-refractivity contribution in [2.24, 2.45) is 0 Å². The number of ether oxygens (including phenoxy) is 2. The Morgan fingerprint density at radius 2 is 1.68 bits per heavy atom. The number of carbonyl (C=O) groups is 2. The summed E-state index contributed by atoms with van der Waals surface area (Å²) < 4.78 is 39.2. The van der Waals surface area contributed by atoms with Crippen LogP contribution in [0.5, 0.6) is 11.5 Å². The molecule has 0 aliphatic carbocycles. The van der Waals surface area contributed by atoms with Crippen LogP contribution in [0.25, 0.3) is 0 Å². The fourth-order valence-corrected chi connectivity index (χ4v) is 6.32. The van der Waals surface area contributed by atoms with Crippen LogP contribution in [0.2, 0.25) is 10.0 Å². The number of nitrogens with one attached hydrogen (secondary N) is 1. The Bertz CT molecular complexity index is 1550. The van der Waals surface area contributed by atoms with Crippen LogP contribution in [-0.2, 0) is 32.6 Å². The normalized spacial score (nSPS) is 13.2. The summed E-state index contributed by atoms with van der Waals surface area (Å²) in [6.45, 7) is 4.08. The number of carbonyl (C=O) groups excluding carboxylic acids is 2. The van der Waals surface area contributed by atoms with E-state index < -0.39 is 28.5 Å². The molecule has 1 N–H and O–H groups in total. The van der Waals surface area contributed by atoms with Crippen LogP contribution in [0.4, 0.5) is 5.69 Å². The molecule has 0 saturated heterocycles. The Hall–Kier alpha value is -3.47. The SMILES string of the molecule is CCCCNC(=O)C(Cc1ccccc1)N(Cc1ccc(Cl)cc1Cl)C(=O)CN(c1ccc2c(c1)OCCO2)S(=O)(=O)CC. The van der Waals surface area contributed by atoms with Crippen molar-refractivity contribution >= 4 is 50.7 Å². The molecular weight excluding hydrogens is 625 g/mol. The lowest BCUT2D eigenvalue weighted by Crippen LogP contribution is -2.53. The van der Waals surface area contributed by atoms with Crippen LogP contribution in [0.15, 0.2) is 66.7 Å². The third kappa shape index (κ3) is 8.58.